The summed E-state index contributed by atoms with van der Waals surface area (Å²) < 4.78 is 11.8. The van der Waals surface area contributed by atoms with Crippen molar-refractivity contribution in [3.63, 3.8) is 0 Å². The van der Waals surface area contributed by atoms with Gasteiger partial charge in [0.15, 0.2) is 8.32 Å². The van der Waals surface area contributed by atoms with Crippen LogP contribution in [0.5, 0.6) is 0 Å². The maximum Gasteiger partial charge on any atom is 0.334 e. The number of hydrogen-bond acceptors (Lipinski definition) is 3. The van der Waals surface area contributed by atoms with Gasteiger partial charge in [-0.3, -0.25) is 0 Å². The molecule has 0 saturated carbocycles. The number of cyclic esters (lactones) is 1. The second kappa shape index (κ2) is 4.74. The number of fused-ring (bicyclic) bond motifs is 1. The molecule has 19 heavy (non-hydrogen) atoms. The number of esters is 1. The van der Waals surface area contributed by atoms with Crippen LogP contribution in [0.3, 0.4) is 0 Å². The standard InChI is InChI=1S/C15H26O3Si/c1-10-7-8-12(11-9-17-14(16)13(10)11)18-19(5,6)15(2,3)4/h11-12H,7-9H2,1-6H3/t11-,12+/m1/s1. The lowest BCUT2D eigenvalue weighted by Gasteiger charge is -2.42. The molecule has 0 N–H and O–H groups in total. The Morgan fingerprint density at radius 3 is 2.53 bits per heavy atom. The van der Waals surface area contributed by atoms with E-state index in [2.05, 4.69) is 40.8 Å². The first-order chi connectivity index (χ1) is 8.63. The van der Waals surface area contributed by atoms with Gasteiger partial charge in [-0.05, 0) is 37.9 Å². The molecule has 0 radical (unpaired) electrons. The molecule has 0 unspecified atom stereocenters. The Labute approximate surface area is 117 Å². The Balaban J connectivity index is 2.19. The van der Waals surface area contributed by atoms with Crippen LogP contribution in [0.25, 0.3) is 0 Å². The average molecular weight is 282 g/mol. The van der Waals surface area contributed by atoms with Gasteiger partial charge in [0, 0.05) is 5.57 Å². The highest BCUT2D eigenvalue weighted by Crippen LogP contribution is 2.43. The molecular weight excluding hydrogens is 256 g/mol. The zero-order chi connectivity index (χ0) is 14.4. The van der Waals surface area contributed by atoms with Crippen molar-refractivity contribution in [1.29, 1.82) is 0 Å². The summed E-state index contributed by atoms with van der Waals surface area (Å²) in [5, 5.41) is 0.201. The lowest BCUT2D eigenvalue weighted by molar-refractivity contribution is -0.135. The van der Waals surface area contributed by atoms with Gasteiger partial charge >= 0.3 is 5.97 Å². The second-order valence-corrected chi connectivity index (χ2v) is 12.1. The van der Waals surface area contributed by atoms with Crippen LogP contribution >= 0.6 is 0 Å². The van der Waals surface area contributed by atoms with Gasteiger partial charge in [0.25, 0.3) is 0 Å². The van der Waals surface area contributed by atoms with Gasteiger partial charge in [-0.15, -0.1) is 0 Å². The quantitative estimate of drug-likeness (QED) is 0.573. The van der Waals surface area contributed by atoms with E-state index in [4.69, 9.17) is 9.16 Å². The third-order valence-corrected chi connectivity index (χ3v) is 9.45. The minimum Gasteiger partial charge on any atom is -0.462 e. The molecule has 0 bridgehead atoms. The molecule has 108 valence electrons. The van der Waals surface area contributed by atoms with Gasteiger partial charge in [-0.2, -0.15) is 0 Å². The number of rotatable bonds is 2. The first kappa shape index (κ1) is 14.8. The largest absolute Gasteiger partial charge is 0.462 e. The number of allylic oxidation sites excluding steroid dienone is 1. The van der Waals surface area contributed by atoms with Crippen LogP contribution in [0.4, 0.5) is 0 Å². The summed E-state index contributed by atoms with van der Waals surface area (Å²) in [6.45, 7) is 13.9. The van der Waals surface area contributed by atoms with Crippen molar-refractivity contribution in [1.82, 2.24) is 0 Å². The van der Waals surface area contributed by atoms with Crippen LogP contribution in [0, 0.1) is 5.92 Å². The van der Waals surface area contributed by atoms with E-state index in [0.717, 1.165) is 18.4 Å². The summed E-state index contributed by atoms with van der Waals surface area (Å²) in [5.41, 5.74) is 2.09. The van der Waals surface area contributed by atoms with Crippen LogP contribution in [-0.2, 0) is 14.0 Å². The fourth-order valence-corrected chi connectivity index (χ4v) is 4.05. The topological polar surface area (TPSA) is 35.5 Å². The van der Waals surface area contributed by atoms with Crippen LogP contribution in [0.1, 0.15) is 40.5 Å². The smallest absolute Gasteiger partial charge is 0.334 e. The van der Waals surface area contributed by atoms with Gasteiger partial charge in [0.2, 0.25) is 0 Å². The maximum atomic E-state index is 11.8. The number of carbonyl (C=O) groups is 1. The van der Waals surface area contributed by atoms with Crippen molar-refractivity contribution in [2.24, 2.45) is 5.92 Å². The highest BCUT2D eigenvalue weighted by atomic mass is 28.4. The molecule has 1 aliphatic heterocycles. The molecule has 1 fully saturated rings. The predicted molar refractivity (Wildman–Crippen MR) is 78.5 cm³/mol. The highest BCUT2D eigenvalue weighted by molar-refractivity contribution is 6.74. The Morgan fingerprint density at radius 1 is 1.32 bits per heavy atom. The fraction of sp³-hybridized carbons (Fsp3) is 0.800. The highest BCUT2D eigenvalue weighted by Gasteiger charge is 2.46. The van der Waals surface area contributed by atoms with E-state index in [1.165, 1.54) is 5.57 Å². The SMILES string of the molecule is CC1=C2C(=O)OC[C@@H]2[C@@H](O[Si](C)(C)C(C)(C)C)CC1. The number of carbonyl (C=O) groups excluding carboxylic acids is 1. The fourth-order valence-electron chi connectivity index (χ4n) is 2.65. The Kier molecular flexibility index (Phi) is 3.69. The van der Waals surface area contributed by atoms with Crippen LogP contribution in [0.15, 0.2) is 11.1 Å². The monoisotopic (exact) mass is 282 g/mol. The molecule has 2 aliphatic rings. The molecule has 1 aliphatic carbocycles. The Bertz CT molecular complexity index is 418. The van der Waals surface area contributed by atoms with E-state index in [-0.39, 0.29) is 23.0 Å². The molecule has 3 nitrogen and oxygen atoms in total. The molecule has 0 aromatic carbocycles. The van der Waals surface area contributed by atoms with Gasteiger partial charge in [0.05, 0.1) is 12.0 Å². The first-order valence-corrected chi connectivity index (χ1v) is 10.1. The summed E-state index contributed by atoms with van der Waals surface area (Å²) in [5.74, 6) is 0.0430. The van der Waals surface area contributed by atoms with E-state index in [1.807, 2.05) is 0 Å². The van der Waals surface area contributed by atoms with E-state index >= 15 is 0 Å². The number of ether oxygens (including phenoxy) is 1. The van der Waals surface area contributed by atoms with Crippen LogP contribution in [-0.4, -0.2) is 27.0 Å². The van der Waals surface area contributed by atoms with Crippen LogP contribution < -0.4 is 0 Å². The minimum atomic E-state index is -1.79. The normalized spacial score (nSPS) is 28.4. The van der Waals surface area contributed by atoms with E-state index < -0.39 is 8.32 Å². The Hall–Kier alpha value is -0.613. The zero-order valence-corrected chi connectivity index (χ0v) is 14.0. The van der Waals surface area contributed by atoms with E-state index in [0.29, 0.717) is 6.61 Å². The third kappa shape index (κ3) is 2.65. The number of hydrogen-bond donors (Lipinski definition) is 0. The molecule has 1 heterocycles. The summed E-state index contributed by atoms with van der Waals surface area (Å²) in [6, 6.07) is 0. The minimum absolute atomic E-state index is 0.119. The third-order valence-electron chi connectivity index (χ3n) is 4.95. The molecule has 4 heteroatoms. The molecule has 0 aromatic heterocycles. The van der Waals surface area contributed by atoms with Gasteiger partial charge < -0.3 is 9.16 Å². The van der Waals surface area contributed by atoms with Gasteiger partial charge in [-0.25, -0.2) is 4.79 Å². The van der Waals surface area contributed by atoms with Crippen molar-refractivity contribution < 1.29 is 14.0 Å². The van der Waals surface area contributed by atoms with Crippen LogP contribution in [0.2, 0.25) is 18.1 Å². The molecule has 2 atom stereocenters. The van der Waals surface area contributed by atoms with Crippen molar-refractivity contribution in [3.05, 3.63) is 11.1 Å². The summed E-state index contributed by atoms with van der Waals surface area (Å²) in [6.07, 6.45) is 2.13. The van der Waals surface area contributed by atoms with E-state index in [1.54, 1.807) is 0 Å². The summed E-state index contributed by atoms with van der Waals surface area (Å²) in [4.78, 5) is 11.8. The van der Waals surface area contributed by atoms with Crippen molar-refractivity contribution >= 4 is 14.3 Å². The summed E-state index contributed by atoms with van der Waals surface area (Å²) >= 11 is 0. The Morgan fingerprint density at radius 2 is 1.95 bits per heavy atom. The molecule has 2 rings (SSSR count). The van der Waals surface area contributed by atoms with Gasteiger partial charge in [-0.1, -0.05) is 26.3 Å². The van der Waals surface area contributed by atoms with E-state index in [9.17, 15) is 4.79 Å². The van der Waals surface area contributed by atoms with Crippen molar-refractivity contribution in [2.75, 3.05) is 6.61 Å². The van der Waals surface area contributed by atoms with Crippen molar-refractivity contribution in [3.8, 4) is 0 Å². The van der Waals surface area contributed by atoms with Gasteiger partial charge in [0.1, 0.15) is 6.61 Å². The predicted octanol–water partition coefficient (Wildman–Crippen LogP) is 3.66. The maximum absolute atomic E-state index is 11.8. The summed E-state index contributed by atoms with van der Waals surface area (Å²) in [7, 11) is -1.79. The second-order valence-electron chi connectivity index (χ2n) is 7.35. The average Bonchev–Trinajstić information content (AvgIpc) is 2.64. The molecule has 0 aromatic rings. The lowest BCUT2D eigenvalue weighted by atomic mass is 9.83. The molecular formula is C15H26O3Si. The zero-order valence-electron chi connectivity index (χ0n) is 13.0. The van der Waals surface area contributed by atoms with Crippen molar-refractivity contribution in [2.45, 2.75) is 64.8 Å². The first-order valence-electron chi connectivity index (χ1n) is 7.18. The lowest BCUT2D eigenvalue weighted by Crippen LogP contribution is -2.47. The molecule has 0 amide bonds. The molecule has 1 saturated heterocycles. The molecule has 0 spiro atoms.